The van der Waals surface area contributed by atoms with E-state index in [2.05, 4.69) is 37.2 Å². The van der Waals surface area contributed by atoms with Gasteiger partial charge in [-0.15, -0.1) is 0 Å². The van der Waals surface area contributed by atoms with E-state index in [-0.39, 0.29) is 5.75 Å². The molecule has 70 valence electrons. The second-order valence-electron chi connectivity index (χ2n) is 2.28. The van der Waals surface area contributed by atoms with E-state index in [9.17, 15) is 9.90 Å². The molecule has 0 aliphatic rings. The lowest BCUT2D eigenvalue weighted by atomic mass is 10.3. The van der Waals surface area contributed by atoms with E-state index in [1.165, 1.54) is 0 Å². The van der Waals surface area contributed by atoms with Crippen LogP contribution < -0.4 is 11.1 Å². The van der Waals surface area contributed by atoms with Gasteiger partial charge < -0.3 is 16.2 Å². The summed E-state index contributed by atoms with van der Waals surface area (Å²) in [6, 6.07) is 2.44. The van der Waals surface area contributed by atoms with E-state index in [4.69, 9.17) is 5.73 Å². The highest BCUT2D eigenvalue weighted by molar-refractivity contribution is 9.11. The van der Waals surface area contributed by atoms with Crippen LogP contribution in [-0.2, 0) is 0 Å². The molecule has 0 heterocycles. The molecule has 6 heteroatoms. The fourth-order valence-electron chi connectivity index (χ4n) is 0.780. The van der Waals surface area contributed by atoms with Crippen LogP contribution in [0.2, 0.25) is 0 Å². The van der Waals surface area contributed by atoms with Crippen LogP contribution in [0.1, 0.15) is 0 Å². The number of hydrogen-bond acceptors (Lipinski definition) is 2. The highest BCUT2D eigenvalue weighted by Crippen LogP contribution is 2.34. The standard InChI is InChI=1S/C7H6Br2N2O2/c8-4-1-3(11-7(10)13)2-5(9)6(4)12/h1-2,12H,(H3,10,11,13). The number of carbonyl (C=O) groups is 1. The summed E-state index contributed by atoms with van der Waals surface area (Å²) in [5.41, 5.74) is 5.42. The van der Waals surface area contributed by atoms with Gasteiger partial charge in [-0.25, -0.2) is 4.79 Å². The van der Waals surface area contributed by atoms with Crippen LogP contribution in [-0.4, -0.2) is 11.1 Å². The minimum atomic E-state index is -0.649. The number of phenolic OH excluding ortho intramolecular Hbond substituents is 1. The Labute approximate surface area is 91.4 Å². The Bertz CT molecular complexity index is 331. The minimum absolute atomic E-state index is 0.0787. The largest absolute Gasteiger partial charge is 0.506 e. The molecule has 0 aliphatic carbocycles. The Kier molecular flexibility index (Phi) is 3.16. The molecule has 4 nitrogen and oxygen atoms in total. The van der Waals surface area contributed by atoms with Gasteiger partial charge in [0.2, 0.25) is 0 Å². The van der Waals surface area contributed by atoms with Crippen LogP contribution in [0.25, 0.3) is 0 Å². The molecular weight excluding hydrogens is 304 g/mol. The third-order valence-corrected chi connectivity index (χ3v) is 2.49. The number of aromatic hydroxyl groups is 1. The zero-order valence-electron chi connectivity index (χ0n) is 6.34. The lowest BCUT2D eigenvalue weighted by Crippen LogP contribution is -2.19. The van der Waals surface area contributed by atoms with Crippen LogP contribution in [0, 0.1) is 0 Å². The Morgan fingerprint density at radius 2 is 1.85 bits per heavy atom. The average Bonchev–Trinajstić information content (AvgIpc) is 1.98. The monoisotopic (exact) mass is 308 g/mol. The maximum absolute atomic E-state index is 10.5. The van der Waals surface area contributed by atoms with E-state index < -0.39 is 6.03 Å². The third-order valence-electron chi connectivity index (χ3n) is 1.28. The van der Waals surface area contributed by atoms with Crippen molar-refractivity contribution in [2.45, 2.75) is 0 Å². The molecule has 0 saturated carbocycles. The van der Waals surface area contributed by atoms with Crippen molar-refractivity contribution < 1.29 is 9.90 Å². The molecule has 0 aliphatic heterocycles. The number of halogens is 2. The number of anilines is 1. The summed E-state index contributed by atoms with van der Waals surface area (Å²) in [5.74, 6) is 0.0787. The molecular formula is C7H6Br2N2O2. The predicted octanol–water partition coefficient (Wildman–Crippen LogP) is 2.41. The van der Waals surface area contributed by atoms with Gasteiger partial charge in [0.1, 0.15) is 5.75 Å². The molecule has 4 N–H and O–H groups in total. The van der Waals surface area contributed by atoms with Crippen LogP contribution in [0.5, 0.6) is 5.75 Å². The zero-order chi connectivity index (χ0) is 10.0. The van der Waals surface area contributed by atoms with Crippen molar-refractivity contribution in [1.29, 1.82) is 0 Å². The maximum Gasteiger partial charge on any atom is 0.316 e. The lowest BCUT2D eigenvalue weighted by molar-refractivity contribution is 0.259. The van der Waals surface area contributed by atoms with E-state index in [1.807, 2.05) is 0 Å². The molecule has 0 spiro atoms. The van der Waals surface area contributed by atoms with Crippen molar-refractivity contribution in [3.05, 3.63) is 21.1 Å². The Morgan fingerprint density at radius 3 is 2.23 bits per heavy atom. The summed E-state index contributed by atoms with van der Waals surface area (Å²) in [7, 11) is 0. The maximum atomic E-state index is 10.5. The van der Waals surface area contributed by atoms with Gasteiger partial charge in [0.05, 0.1) is 8.95 Å². The van der Waals surface area contributed by atoms with Gasteiger partial charge >= 0.3 is 6.03 Å². The van der Waals surface area contributed by atoms with Gasteiger partial charge in [0.15, 0.2) is 0 Å². The number of nitrogens with two attached hydrogens (primary N) is 1. The van der Waals surface area contributed by atoms with Gasteiger partial charge in [-0.1, -0.05) is 0 Å². The average molecular weight is 310 g/mol. The van der Waals surface area contributed by atoms with Gasteiger partial charge in [-0.05, 0) is 44.0 Å². The second kappa shape index (κ2) is 3.97. The van der Waals surface area contributed by atoms with Crippen molar-refractivity contribution in [1.82, 2.24) is 0 Å². The van der Waals surface area contributed by atoms with Crippen LogP contribution in [0.4, 0.5) is 10.5 Å². The van der Waals surface area contributed by atoms with Gasteiger partial charge in [-0.3, -0.25) is 0 Å². The molecule has 0 saturated heterocycles. The predicted molar refractivity (Wildman–Crippen MR) is 56.7 cm³/mol. The zero-order valence-corrected chi connectivity index (χ0v) is 9.52. The first-order valence-corrected chi connectivity index (χ1v) is 4.84. The number of primary amides is 1. The van der Waals surface area contributed by atoms with E-state index >= 15 is 0 Å². The van der Waals surface area contributed by atoms with Gasteiger partial charge in [-0.2, -0.15) is 0 Å². The summed E-state index contributed by atoms with van der Waals surface area (Å²) in [4.78, 5) is 10.5. The number of hydrogen-bond donors (Lipinski definition) is 3. The summed E-state index contributed by atoms with van der Waals surface area (Å²) in [5, 5.41) is 11.7. The first-order chi connectivity index (χ1) is 6.00. The van der Waals surface area contributed by atoms with Crippen molar-refractivity contribution in [3.63, 3.8) is 0 Å². The number of amides is 2. The second-order valence-corrected chi connectivity index (χ2v) is 3.99. The van der Waals surface area contributed by atoms with Crippen molar-refractivity contribution >= 4 is 43.6 Å². The number of urea groups is 1. The number of phenols is 1. The fourth-order valence-corrected chi connectivity index (χ4v) is 1.97. The molecule has 0 fully saturated rings. The van der Waals surface area contributed by atoms with Gasteiger partial charge in [0.25, 0.3) is 0 Å². The van der Waals surface area contributed by atoms with Crippen molar-refractivity contribution in [2.24, 2.45) is 5.73 Å². The van der Waals surface area contributed by atoms with E-state index in [1.54, 1.807) is 12.1 Å². The topological polar surface area (TPSA) is 75.4 Å². The molecule has 0 radical (unpaired) electrons. The van der Waals surface area contributed by atoms with E-state index in [0.717, 1.165) is 0 Å². The molecule has 1 rings (SSSR count). The quantitative estimate of drug-likeness (QED) is 0.697. The highest BCUT2D eigenvalue weighted by Gasteiger charge is 2.06. The molecule has 0 atom stereocenters. The molecule has 0 bridgehead atoms. The molecule has 0 aromatic heterocycles. The Morgan fingerprint density at radius 1 is 1.38 bits per heavy atom. The first-order valence-electron chi connectivity index (χ1n) is 3.25. The van der Waals surface area contributed by atoms with Crippen LogP contribution in [0.15, 0.2) is 21.1 Å². The number of rotatable bonds is 1. The van der Waals surface area contributed by atoms with Crippen molar-refractivity contribution in [2.75, 3.05) is 5.32 Å². The normalized spacial score (nSPS) is 9.69. The number of carbonyl (C=O) groups excluding carboxylic acids is 1. The SMILES string of the molecule is NC(=O)Nc1cc(Br)c(O)c(Br)c1. The van der Waals surface area contributed by atoms with Crippen LogP contribution in [0.3, 0.4) is 0 Å². The summed E-state index contributed by atoms with van der Waals surface area (Å²) < 4.78 is 0.955. The number of nitrogens with one attached hydrogen (secondary N) is 1. The van der Waals surface area contributed by atoms with Crippen LogP contribution >= 0.6 is 31.9 Å². The van der Waals surface area contributed by atoms with E-state index in [0.29, 0.717) is 14.6 Å². The number of benzene rings is 1. The fraction of sp³-hybridized carbons (Fsp3) is 0. The molecule has 13 heavy (non-hydrogen) atoms. The lowest BCUT2D eigenvalue weighted by Gasteiger charge is -2.05. The molecule has 2 amide bonds. The molecule has 1 aromatic carbocycles. The summed E-state index contributed by atoms with van der Waals surface area (Å²) >= 11 is 6.23. The summed E-state index contributed by atoms with van der Waals surface area (Å²) in [6.07, 6.45) is 0. The highest BCUT2D eigenvalue weighted by atomic mass is 79.9. The van der Waals surface area contributed by atoms with Gasteiger partial charge in [0, 0.05) is 5.69 Å². The first kappa shape index (κ1) is 10.3. The summed E-state index contributed by atoms with van der Waals surface area (Å²) in [6.45, 7) is 0. The van der Waals surface area contributed by atoms with Crippen molar-refractivity contribution in [3.8, 4) is 5.75 Å². The minimum Gasteiger partial charge on any atom is -0.506 e. The molecule has 1 aromatic rings. The Balaban J connectivity index is 3.06. The Hall–Kier alpha value is -0.750. The smallest absolute Gasteiger partial charge is 0.316 e. The molecule has 0 unspecified atom stereocenters. The third kappa shape index (κ3) is 2.60.